The molecule has 0 aliphatic carbocycles. The summed E-state index contributed by atoms with van der Waals surface area (Å²) in [7, 11) is -9.49. The summed E-state index contributed by atoms with van der Waals surface area (Å²) in [6, 6.07) is 0. The zero-order valence-electron chi connectivity index (χ0n) is 6.35. The monoisotopic (exact) mass is 302 g/mol. The highest BCUT2D eigenvalue weighted by atomic mass is 32.4. The summed E-state index contributed by atoms with van der Waals surface area (Å²) in [6.45, 7) is 0. The maximum Gasteiger partial charge on any atom is 0.413 e. The Balaban J connectivity index is 4.62. The summed E-state index contributed by atoms with van der Waals surface area (Å²) in [5.74, 6) is -15.8. The normalized spacial score (nSPS) is 18.2. The van der Waals surface area contributed by atoms with Crippen molar-refractivity contribution >= 4 is 23.8 Å². The Morgan fingerprint density at radius 3 is 1.00 bits per heavy atom. The van der Waals surface area contributed by atoms with Gasteiger partial charge in [-0.1, -0.05) is 0 Å². The molecular formula is C3H2F9P3. The molecule has 0 aromatic rings. The van der Waals surface area contributed by atoms with Gasteiger partial charge in [0.15, 0.2) is 0 Å². The summed E-state index contributed by atoms with van der Waals surface area (Å²) in [6.07, 6.45) is 0. The van der Waals surface area contributed by atoms with E-state index in [1.54, 1.807) is 0 Å². The largest absolute Gasteiger partial charge is 0.413 e. The molecule has 0 fully saturated rings. The molecule has 0 bridgehead atoms. The van der Waals surface area contributed by atoms with Crippen molar-refractivity contribution in [1.29, 1.82) is 0 Å². The highest BCUT2D eigenvalue weighted by Gasteiger charge is 2.51. The maximum absolute atomic E-state index is 11.8. The third-order valence-electron chi connectivity index (χ3n) is 0.731. The van der Waals surface area contributed by atoms with Crippen LogP contribution in [0.2, 0.25) is 0 Å². The summed E-state index contributed by atoms with van der Waals surface area (Å²) >= 11 is 0. The molecule has 12 heteroatoms. The van der Waals surface area contributed by atoms with Crippen LogP contribution in [-0.4, -0.2) is 17.8 Å². The van der Waals surface area contributed by atoms with Crippen LogP contribution < -0.4 is 0 Å². The van der Waals surface area contributed by atoms with E-state index in [0.29, 0.717) is 0 Å². The molecule has 0 amide bonds. The Kier molecular flexibility index (Phi) is 5.10. The first-order valence-electron chi connectivity index (χ1n) is 2.87. The first-order chi connectivity index (χ1) is 6.31. The van der Waals surface area contributed by atoms with Gasteiger partial charge in [0.2, 0.25) is 0 Å². The van der Waals surface area contributed by atoms with Gasteiger partial charge in [0.25, 0.3) is 0 Å². The molecule has 0 aliphatic heterocycles. The van der Waals surface area contributed by atoms with Crippen molar-refractivity contribution in [3.63, 3.8) is 0 Å². The second-order valence-corrected chi connectivity index (χ2v) is 10.1. The summed E-state index contributed by atoms with van der Waals surface area (Å²) in [5.41, 5.74) is 0. The molecule has 0 saturated heterocycles. The molecule has 0 aromatic carbocycles. The molecule has 92 valence electrons. The average molecular weight is 302 g/mol. The quantitative estimate of drug-likeness (QED) is 0.485. The molecule has 2 unspecified atom stereocenters. The first-order valence-corrected chi connectivity index (χ1v) is 7.90. The topological polar surface area (TPSA) is 0 Å². The van der Waals surface area contributed by atoms with Gasteiger partial charge < -0.3 is 0 Å². The van der Waals surface area contributed by atoms with Crippen molar-refractivity contribution in [2.24, 2.45) is 0 Å². The van der Waals surface area contributed by atoms with Crippen molar-refractivity contribution in [2.75, 3.05) is 0 Å². The van der Waals surface area contributed by atoms with E-state index >= 15 is 0 Å². The van der Waals surface area contributed by atoms with Crippen LogP contribution in [0.15, 0.2) is 0 Å². The summed E-state index contributed by atoms with van der Waals surface area (Å²) in [4.78, 5) is 0. The van der Waals surface area contributed by atoms with E-state index in [4.69, 9.17) is 0 Å². The van der Waals surface area contributed by atoms with E-state index in [1.807, 2.05) is 0 Å². The minimum atomic E-state index is -5.42. The van der Waals surface area contributed by atoms with Gasteiger partial charge in [-0.15, -0.1) is 0 Å². The maximum atomic E-state index is 11.8. The lowest BCUT2D eigenvalue weighted by molar-refractivity contribution is -0.0461. The van der Waals surface area contributed by atoms with Gasteiger partial charge >= 0.3 is 17.8 Å². The zero-order chi connectivity index (χ0) is 12.5. The first kappa shape index (κ1) is 15.7. The summed E-state index contributed by atoms with van der Waals surface area (Å²) < 4.78 is 105. The van der Waals surface area contributed by atoms with Gasteiger partial charge in [-0.25, -0.2) is 0 Å². The van der Waals surface area contributed by atoms with Gasteiger partial charge in [-0.05, 0) is 0 Å². The molecule has 0 rings (SSSR count). The Morgan fingerprint density at radius 1 is 0.600 bits per heavy atom. The van der Waals surface area contributed by atoms with Gasteiger partial charge in [-0.3, -0.25) is 0 Å². The van der Waals surface area contributed by atoms with Crippen LogP contribution in [-0.2, 0) is 0 Å². The second-order valence-electron chi connectivity index (χ2n) is 2.02. The Morgan fingerprint density at radius 2 is 0.867 bits per heavy atom. The predicted octanol–water partition coefficient (Wildman–Crippen LogP) is 5.21. The lowest BCUT2D eigenvalue weighted by atomic mass is 11.6. The Bertz CT molecular complexity index is 184. The molecule has 0 aromatic heterocycles. The minimum absolute atomic E-state index is 2.71. The van der Waals surface area contributed by atoms with Gasteiger partial charge in [0.1, 0.15) is 0 Å². The van der Waals surface area contributed by atoms with Crippen molar-refractivity contribution in [3.8, 4) is 0 Å². The molecule has 0 heterocycles. The number of hydrogen-bond donors (Lipinski definition) is 0. The smallest absolute Gasteiger partial charge is 0.167 e. The van der Waals surface area contributed by atoms with E-state index < -0.39 is 41.6 Å². The van der Waals surface area contributed by atoms with Crippen molar-refractivity contribution < 1.29 is 39.5 Å². The molecule has 0 spiro atoms. The predicted molar refractivity (Wildman–Crippen MR) is 41.7 cm³/mol. The van der Waals surface area contributed by atoms with Crippen LogP contribution in [0.5, 0.6) is 0 Å². The van der Waals surface area contributed by atoms with E-state index in [1.165, 1.54) is 0 Å². The third kappa shape index (κ3) is 8.47. The molecule has 15 heavy (non-hydrogen) atoms. The second kappa shape index (κ2) is 4.89. The fourth-order valence-corrected chi connectivity index (χ4v) is 6.46. The molecule has 0 N–H and O–H groups in total. The fraction of sp³-hybridized carbons (Fsp3) is 1.00. The van der Waals surface area contributed by atoms with Crippen LogP contribution in [0.3, 0.4) is 0 Å². The van der Waals surface area contributed by atoms with Crippen LogP contribution >= 0.6 is 23.8 Å². The van der Waals surface area contributed by atoms with E-state index in [0.717, 1.165) is 0 Å². The zero-order valence-corrected chi connectivity index (χ0v) is 9.24. The highest BCUT2D eigenvalue weighted by Crippen LogP contribution is 2.84. The third-order valence-corrected chi connectivity index (χ3v) is 8.59. The SMILES string of the molecule is FC(F)(F)PP(PC(F)(F)F)C(F)(F)F. The lowest BCUT2D eigenvalue weighted by Gasteiger charge is -2.22. The Labute approximate surface area is 82.1 Å². The molecule has 0 nitrogen and oxygen atoms in total. The van der Waals surface area contributed by atoms with E-state index in [9.17, 15) is 39.5 Å². The molecular weight excluding hydrogens is 300 g/mol. The van der Waals surface area contributed by atoms with Crippen LogP contribution in [0.4, 0.5) is 39.5 Å². The Hall–Kier alpha value is 0.660. The fourth-order valence-electron chi connectivity index (χ4n) is 0.408. The van der Waals surface area contributed by atoms with Gasteiger partial charge in [-0.2, -0.15) is 39.5 Å². The number of alkyl halides is 9. The van der Waals surface area contributed by atoms with Gasteiger partial charge in [0.05, 0.1) is 7.30 Å². The molecule has 0 saturated carbocycles. The molecule has 0 aliphatic rings. The number of hydrogen-bond acceptors (Lipinski definition) is 0. The van der Waals surface area contributed by atoms with Gasteiger partial charge in [0, 0.05) is 16.5 Å². The number of rotatable bonds is 2. The standard InChI is InChI=1S/C3H2F9P3/c4-1(5,6)13-15(3(10,11)12)14-2(7,8)9/h13-14H. The molecule has 2 atom stereocenters. The highest BCUT2D eigenvalue weighted by molar-refractivity contribution is 8.52. The van der Waals surface area contributed by atoms with Crippen LogP contribution in [0.25, 0.3) is 0 Å². The van der Waals surface area contributed by atoms with Crippen molar-refractivity contribution in [2.45, 2.75) is 17.8 Å². The lowest BCUT2D eigenvalue weighted by Crippen LogP contribution is -2.07. The van der Waals surface area contributed by atoms with Crippen LogP contribution in [0.1, 0.15) is 0 Å². The van der Waals surface area contributed by atoms with Crippen LogP contribution in [0, 0.1) is 0 Å². The summed E-state index contributed by atoms with van der Waals surface area (Å²) in [5, 5.41) is 0. The van der Waals surface area contributed by atoms with E-state index in [-0.39, 0.29) is 0 Å². The van der Waals surface area contributed by atoms with Crippen molar-refractivity contribution in [1.82, 2.24) is 0 Å². The minimum Gasteiger partial charge on any atom is -0.167 e. The van der Waals surface area contributed by atoms with E-state index in [2.05, 4.69) is 0 Å². The number of halogens is 9. The van der Waals surface area contributed by atoms with Crippen molar-refractivity contribution in [3.05, 3.63) is 0 Å². The molecule has 0 radical (unpaired) electrons. The average Bonchev–Trinajstić information content (AvgIpc) is 1.75.